The van der Waals surface area contributed by atoms with Gasteiger partial charge in [-0.15, -0.1) is 0 Å². The summed E-state index contributed by atoms with van der Waals surface area (Å²) < 4.78 is 1.26. The predicted molar refractivity (Wildman–Crippen MR) is 88.7 cm³/mol. The maximum atomic E-state index is 10.9. The molecule has 20 heavy (non-hydrogen) atoms. The van der Waals surface area contributed by atoms with Crippen LogP contribution in [0.1, 0.15) is 44.2 Å². The molecule has 1 aliphatic carbocycles. The largest absolute Gasteiger partial charge is 0.481 e. The summed E-state index contributed by atoms with van der Waals surface area (Å²) in [5.74, 6) is -0.111. The van der Waals surface area contributed by atoms with Crippen molar-refractivity contribution in [3.8, 4) is 0 Å². The average molecular weight is 387 g/mol. The molecule has 0 aromatic heterocycles. The zero-order valence-corrected chi connectivity index (χ0v) is 14.0. The molecule has 1 unspecified atom stereocenters. The van der Waals surface area contributed by atoms with Crippen molar-refractivity contribution < 1.29 is 9.90 Å². The fourth-order valence-electron chi connectivity index (χ4n) is 2.83. The van der Waals surface area contributed by atoms with E-state index in [1.54, 1.807) is 0 Å². The first-order valence-electron chi connectivity index (χ1n) is 7.28. The molecule has 0 heterocycles. The minimum absolute atomic E-state index is 0.111. The Morgan fingerprint density at radius 3 is 2.45 bits per heavy atom. The van der Waals surface area contributed by atoms with E-state index >= 15 is 0 Å². The molecule has 0 radical (unpaired) electrons. The Morgan fingerprint density at radius 1 is 1.30 bits per heavy atom. The first kappa shape index (κ1) is 15.8. The average Bonchev–Trinajstić information content (AvgIpc) is 2.46. The molecule has 4 heteroatoms. The number of hydrogen-bond acceptors (Lipinski definition) is 2. The van der Waals surface area contributed by atoms with Crippen LogP contribution in [0.2, 0.25) is 0 Å². The van der Waals surface area contributed by atoms with Crippen molar-refractivity contribution in [1.29, 1.82) is 0 Å². The van der Waals surface area contributed by atoms with Crippen molar-refractivity contribution in [2.45, 2.75) is 38.6 Å². The van der Waals surface area contributed by atoms with Crippen LogP contribution in [0.25, 0.3) is 0 Å². The second-order valence-corrected chi connectivity index (χ2v) is 6.98. The van der Waals surface area contributed by atoms with Gasteiger partial charge in [0.2, 0.25) is 0 Å². The number of halogens is 1. The van der Waals surface area contributed by atoms with Crippen LogP contribution in [0.4, 0.5) is 0 Å². The molecule has 2 rings (SSSR count). The van der Waals surface area contributed by atoms with E-state index in [4.69, 9.17) is 5.11 Å². The summed E-state index contributed by atoms with van der Waals surface area (Å²) in [7, 11) is 0. The molecule has 0 saturated heterocycles. The first-order chi connectivity index (χ1) is 9.56. The zero-order valence-electron chi connectivity index (χ0n) is 11.8. The molecular formula is C16H22INO2. The SMILES string of the molecule is CC(NCC1CCC(C(=O)O)CC1)c1ccc(I)cc1. The highest BCUT2D eigenvalue weighted by atomic mass is 127. The van der Waals surface area contributed by atoms with Gasteiger partial charge in [0.15, 0.2) is 0 Å². The molecule has 110 valence electrons. The molecule has 1 fully saturated rings. The summed E-state index contributed by atoms with van der Waals surface area (Å²) >= 11 is 2.32. The van der Waals surface area contributed by atoms with Crippen LogP contribution in [0, 0.1) is 15.4 Å². The van der Waals surface area contributed by atoms with Crippen molar-refractivity contribution >= 4 is 28.6 Å². The van der Waals surface area contributed by atoms with E-state index < -0.39 is 5.97 Å². The van der Waals surface area contributed by atoms with E-state index in [-0.39, 0.29) is 5.92 Å². The minimum atomic E-state index is -0.622. The second-order valence-electron chi connectivity index (χ2n) is 5.74. The molecule has 1 aromatic rings. The molecular weight excluding hydrogens is 365 g/mol. The maximum absolute atomic E-state index is 10.9. The van der Waals surface area contributed by atoms with Crippen LogP contribution in [0.3, 0.4) is 0 Å². The lowest BCUT2D eigenvalue weighted by atomic mass is 9.82. The summed E-state index contributed by atoms with van der Waals surface area (Å²) in [5.41, 5.74) is 1.31. The molecule has 1 atom stereocenters. The van der Waals surface area contributed by atoms with Gasteiger partial charge < -0.3 is 10.4 Å². The molecule has 0 bridgehead atoms. The summed E-state index contributed by atoms with van der Waals surface area (Å²) in [4.78, 5) is 10.9. The number of nitrogens with one attached hydrogen (secondary N) is 1. The second kappa shape index (κ2) is 7.41. The third kappa shape index (κ3) is 4.45. The number of carbonyl (C=O) groups is 1. The Kier molecular flexibility index (Phi) is 5.84. The number of rotatable bonds is 5. The van der Waals surface area contributed by atoms with Crippen LogP contribution in [0.15, 0.2) is 24.3 Å². The number of aliphatic carboxylic acids is 1. The van der Waals surface area contributed by atoms with Gasteiger partial charge in [-0.2, -0.15) is 0 Å². The molecule has 0 spiro atoms. The van der Waals surface area contributed by atoms with Crippen molar-refractivity contribution in [3.05, 3.63) is 33.4 Å². The quantitative estimate of drug-likeness (QED) is 0.755. The van der Waals surface area contributed by atoms with Gasteiger partial charge in [0.05, 0.1) is 5.92 Å². The number of hydrogen-bond donors (Lipinski definition) is 2. The fraction of sp³-hybridized carbons (Fsp3) is 0.562. The maximum Gasteiger partial charge on any atom is 0.306 e. The van der Waals surface area contributed by atoms with Gasteiger partial charge in [-0.25, -0.2) is 0 Å². The smallest absolute Gasteiger partial charge is 0.306 e. The first-order valence-corrected chi connectivity index (χ1v) is 8.36. The van der Waals surface area contributed by atoms with Gasteiger partial charge in [-0.05, 0) is 85.4 Å². The van der Waals surface area contributed by atoms with E-state index in [9.17, 15) is 4.79 Å². The van der Waals surface area contributed by atoms with Crippen molar-refractivity contribution in [3.63, 3.8) is 0 Å². The Hall–Kier alpha value is -0.620. The highest BCUT2D eigenvalue weighted by Crippen LogP contribution is 2.29. The normalized spacial score (nSPS) is 24.3. The Bertz CT molecular complexity index is 438. The van der Waals surface area contributed by atoms with Crippen LogP contribution in [-0.4, -0.2) is 17.6 Å². The van der Waals surface area contributed by atoms with E-state index in [0.29, 0.717) is 12.0 Å². The van der Waals surface area contributed by atoms with Gasteiger partial charge in [0.1, 0.15) is 0 Å². The van der Waals surface area contributed by atoms with Crippen LogP contribution in [-0.2, 0) is 4.79 Å². The highest BCUT2D eigenvalue weighted by Gasteiger charge is 2.25. The Labute approximate surface area is 134 Å². The summed E-state index contributed by atoms with van der Waals surface area (Å²) in [6.45, 7) is 3.17. The number of carboxylic acids is 1. The summed E-state index contributed by atoms with van der Waals surface area (Å²) in [6, 6.07) is 8.95. The van der Waals surface area contributed by atoms with Gasteiger partial charge in [0.25, 0.3) is 0 Å². The van der Waals surface area contributed by atoms with Crippen LogP contribution >= 0.6 is 22.6 Å². The van der Waals surface area contributed by atoms with E-state index in [2.05, 4.69) is 59.1 Å². The molecule has 0 amide bonds. The van der Waals surface area contributed by atoms with Crippen LogP contribution in [0.5, 0.6) is 0 Å². The Morgan fingerprint density at radius 2 is 1.90 bits per heavy atom. The van der Waals surface area contributed by atoms with Gasteiger partial charge in [-0.1, -0.05) is 12.1 Å². The molecule has 0 aliphatic heterocycles. The Balaban J connectivity index is 1.75. The lowest BCUT2D eigenvalue weighted by Gasteiger charge is -2.27. The third-order valence-electron chi connectivity index (χ3n) is 4.28. The third-order valence-corrected chi connectivity index (χ3v) is 5.00. The van der Waals surface area contributed by atoms with Gasteiger partial charge in [0, 0.05) is 9.61 Å². The van der Waals surface area contributed by atoms with Crippen molar-refractivity contribution in [1.82, 2.24) is 5.32 Å². The molecule has 1 aromatic carbocycles. The van der Waals surface area contributed by atoms with Crippen LogP contribution < -0.4 is 5.32 Å². The molecule has 1 aliphatic rings. The summed E-state index contributed by atoms with van der Waals surface area (Å²) in [6.07, 6.45) is 3.73. The van der Waals surface area contributed by atoms with E-state index in [1.165, 1.54) is 9.13 Å². The van der Waals surface area contributed by atoms with Gasteiger partial charge in [-0.3, -0.25) is 4.79 Å². The fourth-order valence-corrected chi connectivity index (χ4v) is 3.19. The number of benzene rings is 1. The number of carboxylic acid groups (broad SMARTS) is 1. The zero-order chi connectivity index (χ0) is 14.5. The van der Waals surface area contributed by atoms with Crippen molar-refractivity contribution in [2.24, 2.45) is 11.8 Å². The van der Waals surface area contributed by atoms with E-state index in [0.717, 1.165) is 32.2 Å². The lowest BCUT2D eigenvalue weighted by Crippen LogP contribution is -2.30. The highest BCUT2D eigenvalue weighted by molar-refractivity contribution is 14.1. The topological polar surface area (TPSA) is 49.3 Å². The minimum Gasteiger partial charge on any atom is -0.481 e. The van der Waals surface area contributed by atoms with Gasteiger partial charge >= 0.3 is 5.97 Å². The van der Waals surface area contributed by atoms with E-state index in [1.807, 2.05) is 0 Å². The standard InChI is InChI=1S/C16H22INO2/c1-11(13-6-8-15(17)9-7-13)18-10-12-2-4-14(5-3-12)16(19)20/h6-9,11-12,14,18H,2-5,10H2,1H3,(H,19,20). The molecule has 3 nitrogen and oxygen atoms in total. The predicted octanol–water partition coefficient (Wildman–Crippen LogP) is 3.83. The summed E-state index contributed by atoms with van der Waals surface area (Å²) in [5, 5.41) is 12.6. The molecule has 1 saturated carbocycles. The van der Waals surface area contributed by atoms with Crippen molar-refractivity contribution in [2.75, 3.05) is 6.54 Å². The lowest BCUT2D eigenvalue weighted by molar-refractivity contribution is -0.143. The monoisotopic (exact) mass is 387 g/mol. The molecule has 2 N–H and O–H groups in total.